The summed E-state index contributed by atoms with van der Waals surface area (Å²) in [5.41, 5.74) is 0.272. The quantitative estimate of drug-likeness (QED) is 0.510. The first-order valence-corrected chi connectivity index (χ1v) is 4.50. The number of nitrogens with zero attached hydrogens (tertiary/aromatic N) is 1. The second kappa shape index (κ2) is 3.82. The van der Waals surface area contributed by atoms with Gasteiger partial charge in [-0.05, 0) is 41.6 Å². The van der Waals surface area contributed by atoms with Crippen LogP contribution in [0.25, 0.3) is 0 Å². The number of carboxylic acids is 1. The van der Waals surface area contributed by atoms with Crippen LogP contribution in [0.4, 0.5) is 0 Å². The van der Waals surface area contributed by atoms with E-state index in [0.29, 0.717) is 9.26 Å². The minimum absolute atomic E-state index is 0.0999. The zero-order chi connectivity index (χ0) is 10.0. The first-order chi connectivity index (χ1) is 6.00. The van der Waals surface area contributed by atoms with Gasteiger partial charge in [0.2, 0.25) is 0 Å². The van der Waals surface area contributed by atoms with Crippen LogP contribution < -0.4 is 0 Å². The molecule has 1 aromatic heterocycles. The Morgan fingerprint density at radius 2 is 2.08 bits per heavy atom. The lowest BCUT2D eigenvalue weighted by molar-refractivity contribution is 0.0690. The van der Waals surface area contributed by atoms with Gasteiger partial charge in [0.15, 0.2) is 5.78 Å². The fourth-order valence-electron chi connectivity index (χ4n) is 0.810. The molecule has 4 nitrogen and oxygen atoms in total. The van der Waals surface area contributed by atoms with Gasteiger partial charge < -0.3 is 5.11 Å². The summed E-state index contributed by atoms with van der Waals surface area (Å²) < 4.78 is 0.503. The van der Waals surface area contributed by atoms with Gasteiger partial charge in [0.05, 0.1) is 0 Å². The third-order valence-electron chi connectivity index (χ3n) is 1.42. The Hall–Kier alpha value is -0.980. The number of hydrogen-bond acceptors (Lipinski definition) is 3. The van der Waals surface area contributed by atoms with E-state index < -0.39 is 5.97 Å². The predicted octanol–water partition coefficient (Wildman–Crippen LogP) is 1.59. The van der Waals surface area contributed by atoms with Crippen molar-refractivity contribution < 1.29 is 14.7 Å². The van der Waals surface area contributed by atoms with Crippen molar-refractivity contribution >= 4 is 34.3 Å². The Labute approximate surface area is 88.1 Å². The summed E-state index contributed by atoms with van der Waals surface area (Å²) in [6, 6.07) is 2.82. The van der Waals surface area contributed by atoms with Crippen LogP contribution in [-0.4, -0.2) is 21.8 Å². The molecule has 0 fully saturated rings. The van der Waals surface area contributed by atoms with Crippen molar-refractivity contribution in [3.05, 3.63) is 27.1 Å². The molecule has 0 aliphatic heterocycles. The number of aromatic nitrogens is 1. The van der Waals surface area contributed by atoms with Gasteiger partial charge in [-0.25, -0.2) is 9.78 Å². The average Bonchev–Trinajstić information content (AvgIpc) is 2.03. The summed E-state index contributed by atoms with van der Waals surface area (Å²) in [4.78, 5) is 25.2. The molecule has 1 rings (SSSR count). The molecule has 0 saturated heterocycles. The van der Waals surface area contributed by atoms with E-state index in [1.54, 1.807) is 6.07 Å². The molecule has 5 heteroatoms. The maximum Gasteiger partial charge on any atom is 0.354 e. The minimum atomic E-state index is -1.12. The third kappa shape index (κ3) is 2.48. The maximum atomic E-state index is 10.9. The van der Waals surface area contributed by atoms with E-state index in [1.165, 1.54) is 13.0 Å². The fraction of sp³-hybridized carbons (Fsp3) is 0.125. The summed E-state index contributed by atoms with van der Waals surface area (Å²) in [5, 5.41) is 8.64. The largest absolute Gasteiger partial charge is 0.477 e. The molecule has 0 saturated carbocycles. The molecular formula is C8H6INO3. The molecule has 0 unspecified atom stereocenters. The molecule has 1 aromatic rings. The molecule has 0 radical (unpaired) electrons. The van der Waals surface area contributed by atoms with Crippen LogP contribution in [0.2, 0.25) is 0 Å². The summed E-state index contributed by atoms with van der Waals surface area (Å²) in [7, 11) is 0. The first-order valence-electron chi connectivity index (χ1n) is 3.42. The van der Waals surface area contributed by atoms with Crippen molar-refractivity contribution in [1.82, 2.24) is 4.98 Å². The van der Waals surface area contributed by atoms with Gasteiger partial charge >= 0.3 is 5.97 Å². The number of aromatic carboxylic acids is 1. The van der Waals surface area contributed by atoms with E-state index in [1.807, 2.05) is 22.6 Å². The van der Waals surface area contributed by atoms with Crippen LogP contribution in [-0.2, 0) is 0 Å². The lowest BCUT2D eigenvalue weighted by Gasteiger charge is -1.98. The second-order valence-corrected chi connectivity index (χ2v) is 3.53. The van der Waals surface area contributed by atoms with Crippen molar-refractivity contribution in [2.24, 2.45) is 0 Å². The van der Waals surface area contributed by atoms with Gasteiger partial charge in [0.25, 0.3) is 0 Å². The van der Waals surface area contributed by atoms with E-state index in [4.69, 9.17) is 5.11 Å². The lowest BCUT2D eigenvalue weighted by Crippen LogP contribution is -2.04. The molecule has 0 amide bonds. The highest BCUT2D eigenvalue weighted by molar-refractivity contribution is 14.1. The van der Waals surface area contributed by atoms with Crippen LogP contribution in [0.3, 0.4) is 0 Å². The van der Waals surface area contributed by atoms with Crippen molar-refractivity contribution in [2.45, 2.75) is 6.92 Å². The Morgan fingerprint density at radius 3 is 2.54 bits per heavy atom. The Bertz CT molecular complexity index is 343. The van der Waals surface area contributed by atoms with Gasteiger partial charge in [-0.15, -0.1) is 0 Å². The molecule has 0 bridgehead atoms. The SMILES string of the molecule is CC(=O)c1cc(I)nc(C(=O)O)c1. The van der Waals surface area contributed by atoms with Crippen molar-refractivity contribution in [1.29, 1.82) is 0 Å². The van der Waals surface area contributed by atoms with E-state index >= 15 is 0 Å². The van der Waals surface area contributed by atoms with Gasteiger partial charge in [0, 0.05) is 5.56 Å². The highest BCUT2D eigenvalue weighted by Gasteiger charge is 2.09. The van der Waals surface area contributed by atoms with Gasteiger partial charge in [0.1, 0.15) is 9.39 Å². The van der Waals surface area contributed by atoms with Crippen LogP contribution in [0, 0.1) is 3.70 Å². The normalized spacial score (nSPS) is 9.69. The molecule has 0 aromatic carbocycles. The number of carboxylic acid groups (broad SMARTS) is 1. The summed E-state index contributed by atoms with van der Waals surface area (Å²) in [6.07, 6.45) is 0. The average molecular weight is 291 g/mol. The van der Waals surface area contributed by atoms with Crippen molar-refractivity contribution in [3.8, 4) is 0 Å². The van der Waals surface area contributed by atoms with Crippen LogP contribution in [0.5, 0.6) is 0 Å². The zero-order valence-electron chi connectivity index (χ0n) is 6.74. The molecule has 1 heterocycles. The number of carbonyl (C=O) groups is 2. The van der Waals surface area contributed by atoms with Gasteiger partial charge in [-0.1, -0.05) is 0 Å². The number of hydrogen-bond donors (Lipinski definition) is 1. The number of halogens is 1. The molecule has 0 spiro atoms. The zero-order valence-corrected chi connectivity index (χ0v) is 8.90. The first kappa shape index (κ1) is 10.1. The molecule has 68 valence electrons. The number of carbonyl (C=O) groups excluding carboxylic acids is 1. The highest BCUT2D eigenvalue weighted by atomic mass is 127. The molecule has 0 aliphatic carbocycles. The topological polar surface area (TPSA) is 67.3 Å². The summed E-state index contributed by atoms with van der Waals surface area (Å²) in [5.74, 6) is -1.29. The Kier molecular flexibility index (Phi) is 2.97. The highest BCUT2D eigenvalue weighted by Crippen LogP contribution is 2.09. The Balaban J connectivity index is 3.26. The van der Waals surface area contributed by atoms with E-state index in [0.717, 1.165) is 0 Å². The fourth-order valence-corrected chi connectivity index (χ4v) is 1.41. The van der Waals surface area contributed by atoms with E-state index in [9.17, 15) is 9.59 Å². The molecule has 0 aliphatic rings. The molecule has 1 N–H and O–H groups in total. The van der Waals surface area contributed by atoms with Crippen LogP contribution >= 0.6 is 22.6 Å². The van der Waals surface area contributed by atoms with Gasteiger partial charge in [-0.2, -0.15) is 0 Å². The van der Waals surface area contributed by atoms with E-state index in [-0.39, 0.29) is 11.5 Å². The standard InChI is InChI=1S/C8H6INO3/c1-4(11)5-2-6(8(12)13)10-7(9)3-5/h2-3H,1H3,(H,12,13). The third-order valence-corrected chi connectivity index (χ3v) is 1.97. The number of rotatable bonds is 2. The Morgan fingerprint density at radius 1 is 1.46 bits per heavy atom. The van der Waals surface area contributed by atoms with E-state index in [2.05, 4.69) is 4.98 Å². The smallest absolute Gasteiger partial charge is 0.354 e. The molecule has 0 atom stereocenters. The molecular weight excluding hydrogens is 285 g/mol. The van der Waals surface area contributed by atoms with Crippen molar-refractivity contribution in [3.63, 3.8) is 0 Å². The summed E-state index contributed by atoms with van der Waals surface area (Å²) >= 11 is 1.87. The van der Waals surface area contributed by atoms with Crippen LogP contribution in [0.1, 0.15) is 27.8 Å². The van der Waals surface area contributed by atoms with Crippen molar-refractivity contribution in [2.75, 3.05) is 0 Å². The minimum Gasteiger partial charge on any atom is -0.477 e. The summed E-state index contributed by atoms with van der Waals surface area (Å²) in [6.45, 7) is 1.39. The predicted molar refractivity (Wildman–Crippen MR) is 53.9 cm³/mol. The second-order valence-electron chi connectivity index (χ2n) is 2.43. The number of pyridine rings is 1. The lowest BCUT2D eigenvalue weighted by atomic mass is 10.2. The number of ketones is 1. The molecule has 13 heavy (non-hydrogen) atoms. The number of Topliss-reactive ketones (excluding diaryl/α,β-unsaturated/α-hetero) is 1. The van der Waals surface area contributed by atoms with Crippen LogP contribution in [0.15, 0.2) is 12.1 Å². The monoisotopic (exact) mass is 291 g/mol. The van der Waals surface area contributed by atoms with Gasteiger partial charge in [-0.3, -0.25) is 4.79 Å². The maximum absolute atomic E-state index is 10.9.